The summed E-state index contributed by atoms with van der Waals surface area (Å²) < 4.78 is 19.7. The van der Waals surface area contributed by atoms with Gasteiger partial charge in [0.05, 0.1) is 23.9 Å². The maximum Gasteiger partial charge on any atom is 0.258 e. The normalized spacial score (nSPS) is 13.4. The van der Waals surface area contributed by atoms with Crippen LogP contribution >= 0.6 is 0 Å². The van der Waals surface area contributed by atoms with E-state index in [0.29, 0.717) is 30.9 Å². The second kappa shape index (κ2) is 13.1. The molecule has 9 heteroatoms. The van der Waals surface area contributed by atoms with Crippen LogP contribution in [0.4, 0.5) is 21.5 Å². The average molecular weight is 534 g/mol. The van der Waals surface area contributed by atoms with E-state index >= 15 is 0 Å². The molecule has 1 heterocycles. The minimum Gasteiger partial charge on any atom is -0.495 e. The first-order valence-electron chi connectivity index (χ1n) is 13.1. The van der Waals surface area contributed by atoms with E-state index in [0.717, 1.165) is 43.2 Å². The van der Waals surface area contributed by atoms with E-state index in [2.05, 4.69) is 25.3 Å². The summed E-state index contributed by atoms with van der Waals surface area (Å²) in [6.45, 7) is 4.33. The second-order valence-corrected chi connectivity index (χ2v) is 9.72. The van der Waals surface area contributed by atoms with Gasteiger partial charge in [0.25, 0.3) is 11.8 Å². The zero-order chi connectivity index (χ0) is 27.8. The number of ether oxygens (including phenoxy) is 1. The molecule has 0 radical (unpaired) electrons. The van der Waals surface area contributed by atoms with Gasteiger partial charge in [-0.05, 0) is 69.5 Å². The van der Waals surface area contributed by atoms with E-state index in [9.17, 15) is 14.0 Å². The molecule has 8 nitrogen and oxygen atoms in total. The number of piperazine rings is 1. The summed E-state index contributed by atoms with van der Waals surface area (Å²) in [5, 5.41) is 5.75. The van der Waals surface area contributed by atoms with Crippen LogP contribution in [0.5, 0.6) is 5.75 Å². The van der Waals surface area contributed by atoms with Crippen molar-refractivity contribution in [1.82, 2.24) is 10.2 Å². The molecule has 1 saturated heterocycles. The molecule has 0 spiro atoms. The Balaban J connectivity index is 1.53. The van der Waals surface area contributed by atoms with Crippen molar-refractivity contribution >= 4 is 28.9 Å². The molecule has 3 aromatic carbocycles. The number of amides is 2. The van der Waals surface area contributed by atoms with E-state index in [1.165, 1.54) is 18.2 Å². The number of anilines is 3. The molecule has 0 atom stereocenters. The molecule has 1 fully saturated rings. The highest BCUT2D eigenvalue weighted by molar-refractivity contribution is 6.06. The third-order valence-electron chi connectivity index (χ3n) is 6.73. The van der Waals surface area contributed by atoms with Gasteiger partial charge in [-0.15, -0.1) is 0 Å². The van der Waals surface area contributed by atoms with Crippen LogP contribution in [0, 0.1) is 5.82 Å². The van der Waals surface area contributed by atoms with Gasteiger partial charge in [0.1, 0.15) is 11.6 Å². The lowest BCUT2D eigenvalue weighted by atomic mass is 10.1. The van der Waals surface area contributed by atoms with E-state index in [-0.39, 0.29) is 11.5 Å². The summed E-state index contributed by atoms with van der Waals surface area (Å²) in [5.41, 5.74) is 2.69. The van der Waals surface area contributed by atoms with Crippen molar-refractivity contribution in [1.29, 1.82) is 0 Å². The van der Waals surface area contributed by atoms with Crippen molar-refractivity contribution in [3.63, 3.8) is 0 Å². The highest BCUT2D eigenvalue weighted by atomic mass is 19.1. The molecule has 3 aromatic rings. The number of carbonyl (C=O) groups is 2. The van der Waals surface area contributed by atoms with E-state index in [1.807, 2.05) is 44.4 Å². The van der Waals surface area contributed by atoms with Gasteiger partial charge in [0.2, 0.25) is 0 Å². The Morgan fingerprint density at radius 3 is 2.23 bits per heavy atom. The van der Waals surface area contributed by atoms with Gasteiger partial charge in [-0.25, -0.2) is 4.39 Å². The molecule has 0 aliphatic carbocycles. The van der Waals surface area contributed by atoms with Crippen LogP contribution in [-0.4, -0.2) is 77.2 Å². The van der Waals surface area contributed by atoms with Crippen LogP contribution in [0.2, 0.25) is 0 Å². The van der Waals surface area contributed by atoms with Gasteiger partial charge in [-0.2, -0.15) is 0 Å². The monoisotopic (exact) mass is 533 g/mol. The lowest BCUT2D eigenvalue weighted by Gasteiger charge is -2.38. The SMILES string of the molecule is COc1ccccc1N1CCN(c2ccc(NC(=O)c3ccccc3F)cc2C(=O)NCCCN(C)C)CC1. The van der Waals surface area contributed by atoms with Crippen molar-refractivity contribution in [2.75, 3.05) is 75.6 Å². The van der Waals surface area contributed by atoms with E-state index in [4.69, 9.17) is 4.74 Å². The summed E-state index contributed by atoms with van der Waals surface area (Å²) in [4.78, 5) is 32.6. The number of hydrogen-bond donors (Lipinski definition) is 2. The molecule has 4 rings (SSSR count). The first-order valence-corrected chi connectivity index (χ1v) is 13.1. The standard InChI is InChI=1S/C30H36FN5O3/c1-34(2)16-8-15-32-29(37)24-21-22(33-30(38)23-9-4-5-10-25(23)31)13-14-26(24)35-17-19-36(20-18-35)27-11-6-7-12-28(27)39-3/h4-7,9-14,21H,8,15-20H2,1-3H3,(H,32,37)(H,33,38). The number of nitrogens with one attached hydrogen (secondary N) is 2. The van der Waals surface area contributed by atoms with E-state index < -0.39 is 11.7 Å². The third-order valence-corrected chi connectivity index (χ3v) is 6.73. The van der Waals surface area contributed by atoms with Crippen molar-refractivity contribution in [3.8, 4) is 5.75 Å². The lowest BCUT2D eigenvalue weighted by molar-refractivity contribution is 0.0951. The molecular formula is C30H36FN5O3. The molecular weight excluding hydrogens is 497 g/mol. The van der Waals surface area contributed by atoms with Crippen molar-refractivity contribution < 1.29 is 18.7 Å². The van der Waals surface area contributed by atoms with Gasteiger partial charge in [-0.1, -0.05) is 24.3 Å². The molecule has 2 N–H and O–H groups in total. The fourth-order valence-corrected chi connectivity index (χ4v) is 4.69. The van der Waals surface area contributed by atoms with Gasteiger partial charge >= 0.3 is 0 Å². The average Bonchev–Trinajstić information content (AvgIpc) is 2.95. The first kappa shape index (κ1) is 27.9. The number of rotatable bonds is 10. The zero-order valence-corrected chi connectivity index (χ0v) is 22.7. The van der Waals surface area contributed by atoms with Crippen molar-refractivity contribution in [3.05, 3.63) is 83.7 Å². The summed E-state index contributed by atoms with van der Waals surface area (Å²) in [7, 11) is 5.66. The predicted octanol–water partition coefficient (Wildman–Crippen LogP) is 4.09. The minimum atomic E-state index is -0.599. The maximum atomic E-state index is 14.1. The Bertz CT molecular complexity index is 1290. The highest BCUT2D eigenvalue weighted by Gasteiger charge is 2.24. The molecule has 206 valence electrons. The fourth-order valence-electron chi connectivity index (χ4n) is 4.69. The summed E-state index contributed by atoms with van der Waals surface area (Å²) in [5.74, 6) is -0.543. The summed E-state index contributed by atoms with van der Waals surface area (Å²) in [6, 6.07) is 19.0. The number of nitrogens with zero attached hydrogens (tertiary/aromatic N) is 3. The van der Waals surface area contributed by atoms with Gasteiger partial charge in [-0.3, -0.25) is 9.59 Å². The third kappa shape index (κ3) is 7.06. The number of halogens is 1. The Hall–Kier alpha value is -4.11. The van der Waals surface area contributed by atoms with Gasteiger partial charge < -0.3 is 30.1 Å². The van der Waals surface area contributed by atoms with Crippen LogP contribution in [0.15, 0.2) is 66.7 Å². The number of benzene rings is 3. The number of methoxy groups -OCH3 is 1. The summed E-state index contributed by atoms with van der Waals surface area (Å²) >= 11 is 0. The predicted molar refractivity (Wildman–Crippen MR) is 154 cm³/mol. The van der Waals surface area contributed by atoms with Crippen LogP contribution in [0.3, 0.4) is 0 Å². The van der Waals surface area contributed by atoms with Crippen LogP contribution in [-0.2, 0) is 0 Å². The van der Waals surface area contributed by atoms with Crippen LogP contribution < -0.4 is 25.2 Å². The Labute approximate surface area is 229 Å². The fraction of sp³-hybridized carbons (Fsp3) is 0.333. The molecule has 1 aliphatic rings. The van der Waals surface area contributed by atoms with Crippen molar-refractivity contribution in [2.24, 2.45) is 0 Å². The van der Waals surface area contributed by atoms with Gasteiger partial charge in [0.15, 0.2) is 0 Å². The lowest BCUT2D eigenvalue weighted by Crippen LogP contribution is -2.47. The minimum absolute atomic E-state index is 0.0521. The van der Waals surface area contributed by atoms with Gasteiger partial charge in [0, 0.05) is 44.1 Å². The zero-order valence-electron chi connectivity index (χ0n) is 22.7. The van der Waals surface area contributed by atoms with Crippen LogP contribution in [0.1, 0.15) is 27.1 Å². The molecule has 2 amide bonds. The smallest absolute Gasteiger partial charge is 0.258 e. The second-order valence-electron chi connectivity index (χ2n) is 9.72. The largest absolute Gasteiger partial charge is 0.495 e. The first-order chi connectivity index (χ1) is 18.9. The maximum absolute atomic E-state index is 14.1. The Kier molecular flexibility index (Phi) is 9.38. The Morgan fingerprint density at radius 2 is 1.54 bits per heavy atom. The molecule has 0 unspecified atom stereocenters. The molecule has 39 heavy (non-hydrogen) atoms. The molecule has 0 aromatic heterocycles. The molecule has 1 aliphatic heterocycles. The molecule has 0 saturated carbocycles. The quantitative estimate of drug-likeness (QED) is 0.383. The summed E-state index contributed by atoms with van der Waals surface area (Å²) in [6.07, 6.45) is 0.815. The number of hydrogen-bond acceptors (Lipinski definition) is 6. The number of carbonyl (C=O) groups excluding carboxylic acids is 2. The topological polar surface area (TPSA) is 77.1 Å². The Morgan fingerprint density at radius 1 is 0.872 bits per heavy atom. The van der Waals surface area contributed by atoms with Crippen LogP contribution in [0.25, 0.3) is 0 Å². The van der Waals surface area contributed by atoms with Crippen molar-refractivity contribution in [2.45, 2.75) is 6.42 Å². The highest BCUT2D eigenvalue weighted by Crippen LogP contribution is 2.31. The van der Waals surface area contributed by atoms with E-state index in [1.54, 1.807) is 25.3 Å². The number of para-hydroxylation sites is 2. The molecule has 0 bridgehead atoms.